The molecule has 3 heterocycles. The number of carbonyl (C=O) groups excluding carboxylic acids is 3. The Morgan fingerprint density at radius 3 is 1.97 bits per heavy atom. The van der Waals surface area contributed by atoms with Crippen LogP contribution in [-0.2, 0) is 50.7 Å². The van der Waals surface area contributed by atoms with Gasteiger partial charge in [0.1, 0.15) is 36.3 Å². The fourth-order valence-corrected chi connectivity index (χ4v) is 10.9. The van der Waals surface area contributed by atoms with E-state index >= 15 is 0 Å². The number of nitrogens with zero attached hydrogens (tertiary/aromatic N) is 4. The number of nitrogen functional groups attached to an aromatic ring is 1. The summed E-state index contributed by atoms with van der Waals surface area (Å²) in [5, 5.41) is 26.7. The standard InChI is InChI=1S/C41H74N7O17P3S/c1-4-5-6-7-8-9-10-11-12-13-14-15-16-17-18-19-20-21-32(50)69-25-24-43-31(49)22-23-44-39(53)36(52)41(2,3)27-62-68(59,60)65-67(57,58)61-26-30-35(64-66(54,55)56)34(51)40(63-30)48-29-47-33-37(42)45-28-46-38(33)48/h28-30,34-36,40,51-52H,4-27H2,1-3H3,(H,43,49)(H,44,53)(H,57,58)(H,59,60)(H2,42,45,46)(H2,54,55,56)/t30-,34?,35+,36+,40-/m1/s1. The van der Waals surface area contributed by atoms with Crippen LogP contribution in [0.2, 0.25) is 0 Å². The Morgan fingerprint density at radius 2 is 1.39 bits per heavy atom. The molecule has 0 radical (unpaired) electrons. The number of unbranched alkanes of at least 4 members (excludes halogenated alkanes) is 16. The zero-order valence-electron chi connectivity index (χ0n) is 39.8. The predicted octanol–water partition coefficient (Wildman–Crippen LogP) is 5.71. The van der Waals surface area contributed by atoms with Crippen LogP contribution in [0.25, 0.3) is 11.2 Å². The summed E-state index contributed by atoms with van der Waals surface area (Å²) in [6.07, 6.45) is 15.2. The van der Waals surface area contributed by atoms with E-state index in [1.807, 2.05) is 0 Å². The first-order chi connectivity index (χ1) is 32.6. The molecule has 2 aromatic heterocycles. The molecular formula is C41H74N7O17P3S. The third-order valence-electron chi connectivity index (χ3n) is 11.2. The van der Waals surface area contributed by atoms with Crippen LogP contribution in [-0.4, -0.2) is 123 Å². The van der Waals surface area contributed by atoms with Crippen molar-refractivity contribution in [3.63, 3.8) is 0 Å². The minimum atomic E-state index is -5.57. The molecule has 1 aliphatic rings. The molecule has 1 saturated heterocycles. The summed E-state index contributed by atoms with van der Waals surface area (Å²) in [5.74, 6) is -1.01. The third-order valence-corrected chi connectivity index (χ3v) is 15.3. The number of anilines is 1. The molecule has 2 amide bonds. The number of nitrogens with two attached hydrogens (primary N) is 1. The molecule has 0 aromatic carbocycles. The van der Waals surface area contributed by atoms with Crippen molar-refractivity contribution in [1.29, 1.82) is 0 Å². The van der Waals surface area contributed by atoms with E-state index in [0.717, 1.165) is 48.2 Å². The molecular weight excluding hydrogens is 987 g/mol. The highest BCUT2D eigenvalue weighted by Crippen LogP contribution is 2.61. The Balaban J connectivity index is 1.27. The molecule has 2 aromatic rings. The number of phosphoric acid groups is 3. The van der Waals surface area contributed by atoms with Gasteiger partial charge in [-0.3, -0.25) is 32.5 Å². The molecule has 10 N–H and O–H groups in total. The van der Waals surface area contributed by atoms with Gasteiger partial charge in [0.25, 0.3) is 0 Å². The lowest BCUT2D eigenvalue weighted by Crippen LogP contribution is -2.46. The summed E-state index contributed by atoms with van der Waals surface area (Å²) in [6.45, 7) is 2.84. The van der Waals surface area contributed by atoms with Crippen LogP contribution in [0.4, 0.5) is 5.82 Å². The second-order valence-corrected chi connectivity index (χ2v) is 23.1. The smallest absolute Gasteiger partial charge is 0.386 e. The number of carbonyl (C=O) groups is 3. The van der Waals surface area contributed by atoms with Gasteiger partial charge in [0.2, 0.25) is 11.8 Å². The second kappa shape index (κ2) is 30.6. The quantitative estimate of drug-likeness (QED) is 0.0289. The van der Waals surface area contributed by atoms with Gasteiger partial charge in [-0.15, -0.1) is 0 Å². The number of aliphatic hydroxyl groups is 2. The van der Waals surface area contributed by atoms with Crippen molar-refractivity contribution >= 4 is 69.1 Å². The number of phosphoric ester groups is 3. The highest BCUT2D eigenvalue weighted by atomic mass is 32.2. The summed E-state index contributed by atoms with van der Waals surface area (Å²) in [6, 6.07) is 0. The fraction of sp³-hybridized carbons (Fsp3) is 0.805. The summed E-state index contributed by atoms with van der Waals surface area (Å²) in [5.41, 5.74) is 4.29. The van der Waals surface area contributed by atoms with E-state index in [2.05, 4.69) is 41.3 Å². The van der Waals surface area contributed by atoms with Crippen LogP contribution in [0.5, 0.6) is 0 Å². The maximum absolute atomic E-state index is 12.7. The first-order valence-electron chi connectivity index (χ1n) is 23.6. The molecule has 396 valence electrons. The summed E-state index contributed by atoms with van der Waals surface area (Å²) < 4.78 is 62.5. The van der Waals surface area contributed by atoms with Crippen molar-refractivity contribution in [2.45, 2.75) is 173 Å². The first-order valence-corrected chi connectivity index (χ1v) is 29.1. The van der Waals surface area contributed by atoms with Gasteiger partial charge in [0.15, 0.2) is 22.8 Å². The van der Waals surface area contributed by atoms with Gasteiger partial charge in [-0.25, -0.2) is 28.6 Å². The van der Waals surface area contributed by atoms with Crippen molar-refractivity contribution in [3.8, 4) is 0 Å². The fourth-order valence-electron chi connectivity index (χ4n) is 7.36. The number of hydrogen-bond acceptors (Lipinski definition) is 18. The zero-order chi connectivity index (χ0) is 51.1. The molecule has 1 aliphatic heterocycles. The van der Waals surface area contributed by atoms with Crippen LogP contribution in [0, 0.1) is 5.41 Å². The Bertz CT molecular complexity index is 2030. The average molecular weight is 1060 g/mol. The van der Waals surface area contributed by atoms with Crippen molar-refractivity contribution in [2.24, 2.45) is 5.41 Å². The van der Waals surface area contributed by atoms with E-state index in [1.54, 1.807) is 0 Å². The van der Waals surface area contributed by atoms with Crippen LogP contribution in [0.1, 0.15) is 149 Å². The van der Waals surface area contributed by atoms with Gasteiger partial charge in [0, 0.05) is 37.1 Å². The molecule has 1 fully saturated rings. The molecule has 0 bridgehead atoms. The van der Waals surface area contributed by atoms with Gasteiger partial charge >= 0.3 is 23.5 Å². The van der Waals surface area contributed by atoms with Gasteiger partial charge in [0.05, 0.1) is 19.5 Å². The molecule has 7 atom stereocenters. The third kappa shape index (κ3) is 23.3. The zero-order valence-corrected chi connectivity index (χ0v) is 43.3. The number of fused-ring (bicyclic) bond motifs is 1. The maximum Gasteiger partial charge on any atom is 0.481 e. The lowest BCUT2D eigenvalue weighted by atomic mass is 9.87. The number of hydrogen-bond donors (Lipinski definition) is 9. The number of aromatic nitrogens is 4. The van der Waals surface area contributed by atoms with Gasteiger partial charge in [-0.1, -0.05) is 135 Å². The molecule has 3 unspecified atom stereocenters. The second-order valence-electron chi connectivity index (χ2n) is 17.7. The van der Waals surface area contributed by atoms with Crippen molar-refractivity contribution < 1.29 is 80.5 Å². The summed E-state index contributed by atoms with van der Waals surface area (Å²) in [7, 11) is -16.4. The van der Waals surface area contributed by atoms with Gasteiger partial charge < -0.3 is 50.9 Å². The SMILES string of the molecule is CCCCCCCCCCCCCCCCCCCC(=O)SCCNC(=O)CCNC(=O)[C@H](O)C(C)(C)COP(=O)(O)OP(=O)(O)OC[C@H]1O[C@@H](n2cnc3c(N)ncnc32)C(O)[C@H]1OP(=O)(O)O. The van der Waals surface area contributed by atoms with E-state index in [1.165, 1.54) is 104 Å². The predicted molar refractivity (Wildman–Crippen MR) is 256 cm³/mol. The highest BCUT2D eigenvalue weighted by Gasteiger charge is 2.50. The van der Waals surface area contributed by atoms with Crippen LogP contribution in [0.15, 0.2) is 12.7 Å². The minimum absolute atomic E-state index is 0.0342. The normalized spacial score (nSPS) is 19.8. The molecule has 0 saturated carbocycles. The van der Waals surface area contributed by atoms with Gasteiger partial charge in [-0.05, 0) is 6.42 Å². The van der Waals surface area contributed by atoms with E-state index < -0.39 is 84.6 Å². The number of thioether (sulfide) groups is 1. The largest absolute Gasteiger partial charge is 0.481 e. The van der Waals surface area contributed by atoms with E-state index in [-0.39, 0.29) is 41.6 Å². The van der Waals surface area contributed by atoms with E-state index in [9.17, 15) is 57.9 Å². The highest BCUT2D eigenvalue weighted by molar-refractivity contribution is 8.13. The Morgan fingerprint density at radius 1 is 0.826 bits per heavy atom. The number of ether oxygens (including phenoxy) is 1. The van der Waals surface area contributed by atoms with E-state index in [0.29, 0.717) is 12.2 Å². The Labute approximate surface area is 407 Å². The monoisotopic (exact) mass is 1060 g/mol. The summed E-state index contributed by atoms with van der Waals surface area (Å²) >= 11 is 1.16. The lowest BCUT2D eigenvalue weighted by molar-refractivity contribution is -0.137. The number of amides is 2. The summed E-state index contributed by atoms with van der Waals surface area (Å²) in [4.78, 5) is 88.5. The molecule has 3 rings (SSSR count). The topological polar surface area (TPSA) is 364 Å². The average Bonchev–Trinajstić information content (AvgIpc) is 3.84. The number of nitrogens with one attached hydrogen (secondary N) is 2. The van der Waals surface area contributed by atoms with Crippen molar-refractivity contribution in [1.82, 2.24) is 30.2 Å². The van der Waals surface area contributed by atoms with Crippen molar-refractivity contribution in [3.05, 3.63) is 12.7 Å². The maximum atomic E-state index is 12.7. The molecule has 0 spiro atoms. The van der Waals surface area contributed by atoms with Crippen LogP contribution >= 0.6 is 35.2 Å². The minimum Gasteiger partial charge on any atom is -0.386 e. The molecule has 0 aliphatic carbocycles. The van der Waals surface area contributed by atoms with Crippen LogP contribution in [0.3, 0.4) is 0 Å². The molecule has 24 nitrogen and oxygen atoms in total. The van der Waals surface area contributed by atoms with Gasteiger partial charge in [-0.2, -0.15) is 4.31 Å². The van der Waals surface area contributed by atoms with Crippen molar-refractivity contribution in [2.75, 3.05) is 37.8 Å². The number of imidazole rings is 1. The van der Waals surface area contributed by atoms with E-state index in [4.69, 9.17) is 19.5 Å². The first kappa shape index (κ1) is 60.9. The number of aliphatic hydroxyl groups excluding tert-OH is 2. The molecule has 28 heteroatoms. The van der Waals surface area contributed by atoms with Crippen LogP contribution < -0.4 is 16.4 Å². The Hall–Kier alpha value is -2.44. The number of rotatable bonds is 37. The molecule has 69 heavy (non-hydrogen) atoms. The lowest BCUT2D eigenvalue weighted by Gasteiger charge is -2.30. The Kier molecular flexibility index (Phi) is 27.0.